The van der Waals surface area contributed by atoms with Crippen molar-refractivity contribution in [2.24, 2.45) is 0 Å². The molecule has 2 aromatic rings. The Morgan fingerprint density at radius 3 is 2.64 bits per heavy atom. The number of nitrogens with zero attached hydrogens (tertiary/aromatic N) is 4. The summed E-state index contributed by atoms with van der Waals surface area (Å²) in [6, 6.07) is 5.07. The summed E-state index contributed by atoms with van der Waals surface area (Å²) in [5.74, 6) is 0. The van der Waals surface area contributed by atoms with Crippen molar-refractivity contribution in [2.45, 2.75) is 0 Å². The highest BCUT2D eigenvalue weighted by molar-refractivity contribution is 6.35. The normalized spacial score (nSPS) is 10.1. The van der Waals surface area contributed by atoms with Gasteiger partial charge in [-0.15, -0.1) is 0 Å². The minimum absolute atomic E-state index is 0.0639. The highest BCUT2D eigenvalue weighted by Crippen LogP contribution is 2.19. The van der Waals surface area contributed by atoms with Gasteiger partial charge in [0.1, 0.15) is 17.3 Å². The van der Waals surface area contributed by atoms with Gasteiger partial charge >= 0.3 is 0 Å². The van der Waals surface area contributed by atoms with E-state index in [1.165, 1.54) is 0 Å². The first-order valence-electron chi connectivity index (χ1n) is 3.60. The van der Waals surface area contributed by atoms with Gasteiger partial charge in [-0.3, -0.25) is 0 Å². The average Bonchev–Trinajstić information content (AvgIpc) is 2.17. The van der Waals surface area contributed by atoms with Crippen LogP contribution in [0.25, 0.3) is 11.0 Å². The molecule has 6 heteroatoms. The van der Waals surface area contributed by atoms with Crippen molar-refractivity contribution in [3.8, 4) is 6.07 Å². The van der Waals surface area contributed by atoms with Crippen molar-refractivity contribution in [2.75, 3.05) is 0 Å². The first kappa shape index (κ1) is 9.13. The molecule has 0 N–H and O–H groups in total. The zero-order valence-electron chi connectivity index (χ0n) is 6.70. The van der Waals surface area contributed by atoms with Crippen LogP contribution in [0.2, 0.25) is 10.4 Å². The number of fused-ring (bicyclic) bond motifs is 1. The number of halogens is 2. The van der Waals surface area contributed by atoms with Gasteiger partial charge in [-0.05, 0) is 23.7 Å². The second kappa shape index (κ2) is 3.37. The zero-order chi connectivity index (χ0) is 10.1. The molecule has 0 fully saturated rings. The summed E-state index contributed by atoms with van der Waals surface area (Å²) in [4.78, 5) is 11.6. The minimum atomic E-state index is 0.0639. The van der Waals surface area contributed by atoms with Crippen LogP contribution in [0.4, 0.5) is 0 Å². The van der Waals surface area contributed by atoms with Gasteiger partial charge in [0.05, 0.1) is 5.52 Å². The van der Waals surface area contributed by atoms with Crippen molar-refractivity contribution in [3.05, 3.63) is 28.3 Å². The summed E-state index contributed by atoms with van der Waals surface area (Å²) in [5.41, 5.74) is 1.18. The zero-order valence-corrected chi connectivity index (χ0v) is 8.21. The molecular formula is C8H2Cl2N4. The largest absolute Gasteiger partial charge is 0.232 e. The van der Waals surface area contributed by atoms with E-state index in [-0.39, 0.29) is 16.1 Å². The maximum absolute atomic E-state index is 8.62. The van der Waals surface area contributed by atoms with E-state index in [0.29, 0.717) is 11.0 Å². The number of hydrogen-bond acceptors (Lipinski definition) is 4. The molecule has 2 heterocycles. The van der Waals surface area contributed by atoms with E-state index in [2.05, 4.69) is 15.0 Å². The van der Waals surface area contributed by atoms with Crippen molar-refractivity contribution in [1.29, 1.82) is 5.26 Å². The molecule has 0 aliphatic rings. The molecule has 0 radical (unpaired) electrons. The first-order chi connectivity index (χ1) is 6.70. The molecule has 0 saturated heterocycles. The summed E-state index contributed by atoms with van der Waals surface area (Å²) in [6.07, 6.45) is 0. The number of pyridine rings is 1. The van der Waals surface area contributed by atoms with Crippen LogP contribution in [0, 0.1) is 11.3 Å². The average molecular weight is 225 g/mol. The van der Waals surface area contributed by atoms with Crippen LogP contribution >= 0.6 is 23.2 Å². The maximum atomic E-state index is 8.62. The Morgan fingerprint density at radius 2 is 1.93 bits per heavy atom. The van der Waals surface area contributed by atoms with Crippen LogP contribution in [-0.2, 0) is 0 Å². The lowest BCUT2D eigenvalue weighted by atomic mass is 10.3. The van der Waals surface area contributed by atoms with Crippen LogP contribution in [0.15, 0.2) is 12.1 Å². The molecule has 0 bridgehead atoms. The molecule has 0 aromatic carbocycles. The van der Waals surface area contributed by atoms with Gasteiger partial charge in [-0.25, -0.2) is 15.0 Å². The Morgan fingerprint density at radius 1 is 1.14 bits per heavy atom. The van der Waals surface area contributed by atoms with Gasteiger partial charge in [0, 0.05) is 0 Å². The van der Waals surface area contributed by atoms with Crippen LogP contribution in [0.3, 0.4) is 0 Å². The van der Waals surface area contributed by atoms with E-state index in [9.17, 15) is 0 Å². The third kappa shape index (κ3) is 1.48. The highest BCUT2D eigenvalue weighted by Gasteiger charge is 2.06. The molecule has 0 unspecified atom stereocenters. The van der Waals surface area contributed by atoms with Crippen LogP contribution < -0.4 is 0 Å². The second-order valence-corrected chi connectivity index (χ2v) is 3.16. The first-order valence-corrected chi connectivity index (χ1v) is 4.36. The summed E-state index contributed by atoms with van der Waals surface area (Å²) in [5, 5.41) is 8.83. The molecular weight excluding hydrogens is 223 g/mol. The molecule has 0 atom stereocenters. The standard InChI is InChI=1S/C8H2Cl2N4/c9-7-6-5(13-8(10)14-7)2-1-4(3-11)12-6/h1-2H. The third-order valence-corrected chi connectivity index (χ3v) is 2.02. The van der Waals surface area contributed by atoms with E-state index in [0.717, 1.165) is 0 Å². The molecule has 68 valence electrons. The van der Waals surface area contributed by atoms with Gasteiger partial charge in [0.2, 0.25) is 5.28 Å². The van der Waals surface area contributed by atoms with Gasteiger partial charge < -0.3 is 0 Å². The topological polar surface area (TPSA) is 62.5 Å². The van der Waals surface area contributed by atoms with Gasteiger partial charge in [-0.2, -0.15) is 5.26 Å². The fourth-order valence-corrected chi connectivity index (χ4v) is 1.45. The molecule has 4 nitrogen and oxygen atoms in total. The molecule has 0 aliphatic carbocycles. The molecule has 0 spiro atoms. The van der Waals surface area contributed by atoms with E-state index in [4.69, 9.17) is 28.5 Å². The van der Waals surface area contributed by atoms with Gasteiger partial charge in [0.15, 0.2) is 5.15 Å². The molecule has 14 heavy (non-hydrogen) atoms. The number of aromatic nitrogens is 3. The Hall–Kier alpha value is -1.44. The Bertz CT molecular complexity index is 547. The third-order valence-electron chi connectivity index (χ3n) is 1.59. The van der Waals surface area contributed by atoms with E-state index >= 15 is 0 Å². The Kier molecular flexibility index (Phi) is 2.20. The smallest absolute Gasteiger partial charge is 0.224 e. The van der Waals surface area contributed by atoms with Crippen LogP contribution in [-0.4, -0.2) is 15.0 Å². The minimum Gasteiger partial charge on any atom is -0.232 e. The fourth-order valence-electron chi connectivity index (χ4n) is 1.01. The maximum Gasteiger partial charge on any atom is 0.224 e. The molecule has 0 aliphatic heterocycles. The number of hydrogen-bond donors (Lipinski definition) is 0. The quantitative estimate of drug-likeness (QED) is 0.509. The van der Waals surface area contributed by atoms with Crippen LogP contribution in [0.1, 0.15) is 5.69 Å². The van der Waals surface area contributed by atoms with Crippen molar-refractivity contribution in [3.63, 3.8) is 0 Å². The number of rotatable bonds is 0. The lowest BCUT2D eigenvalue weighted by Crippen LogP contribution is -1.91. The molecule has 0 saturated carbocycles. The van der Waals surface area contributed by atoms with Gasteiger partial charge in [-0.1, -0.05) is 11.6 Å². The lowest BCUT2D eigenvalue weighted by Gasteiger charge is -1.98. The van der Waals surface area contributed by atoms with E-state index in [1.807, 2.05) is 6.07 Å². The lowest BCUT2D eigenvalue weighted by molar-refractivity contribution is 1.19. The molecule has 0 amide bonds. The molecule has 2 aromatic heterocycles. The Balaban J connectivity index is 2.84. The van der Waals surface area contributed by atoms with Gasteiger partial charge in [0.25, 0.3) is 0 Å². The summed E-state index contributed by atoms with van der Waals surface area (Å²) in [7, 11) is 0. The van der Waals surface area contributed by atoms with Crippen molar-refractivity contribution < 1.29 is 0 Å². The summed E-state index contributed by atoms with van der Waals surface area (Å²) < 4.78 is 0. The van der Waals surface area contributed by atoms with Crippen molar-refractivity contribution in [1.82, 2.24) is 15.0 Å². The summed E-state index contributed by atoms with van der Waals surface area (Å²) >= 11 is 11.4. The Labute approximate surface area is 89.1 Å². The van der Waals surface area contributed by atoms with Crippen LogP contribution in [0.5, 0.6) is 0 Å². The molecule has 2 rings (SSSR count). The number of nitriles is 1. The monoisotopic (exact) mass is 224 g/mol. The second-order valence-electron chi connectivity index (χ2n) is 2.46. The SMILES string of the molecule is N#Cc1ccc2nc(Cl)nc(Cl)c2n1. The van der Waals surface area contributed by atoms with E-state index in [1.54, 1.807) is 12.1 Å². The predicted molar refractivity (Wildman–Crippen MR) is 52.1 cm³/mol. The van der Waals surface area contributed by atoms with E-state index < -0.39 is 0 Å². The summed E-state index contributed by atoms with van der Waals surface area (Å²) in [6.45, 7) is 0. The van der Waals surface area contributed by atoms with Crippen molar-refractivity contribution >= 4 is 34.2 Å². The predicted octanol–water partition coefficient (Wildman–Crippen LogP) is 2.20. The fraction of sp³-hybridized carbons (Fsp3) is 0. The highest BCUT2D eigenvalue weighted by atomic mass is 35.5.